The van der Waals surface area contributed by atoms with E-state index in [1.54, 1.807) is 5.57 Å². The summed E-state index contributed by atoms with van der Waals surface area (Å²) in [4.78, 5) is 0. The summed E-state index contributed by atoms with van der Waals surface area (Å²) in [5.74, 6) is 0.850. The Morgan fingerprint density at radius 1 is 0.739 bits per heavy atom. The summed E-state index contributed by atoms with van der Waals surface area (Å²) in [7, 11) is 0. The van der Waals surface area contributed by atoms with Crippen LogP contribution >= 0.6 is 0 Å². The predicted molar refractivity (Wildman–Crippen MR) is 98.4 cm³/mol. The molecule has 23 heavy (non-hydrogen) atoms. The fourth-order valence-electron chi connectivity index (χ4n) is 4.13. The molecule has 0 unspecified atom stereocenters. The van der Waals surface area contributed by atoms with Gasteiger partial charge >= 0.3 is 0 Å². The first kappa shape index (κ1) is 13.1. The Morgan fingerprint density at radius 2 is 1.52 bits per heavy atom. The van der Waals surface area contributed by atoms with Crippen molar-refractivity contribution in [3.8, 4) is 11.1 Å². The van der Waals surface area contributed by atoms with Crippen LogP contribution in [0.15, 0.2) is 66.2 Å². The monoisotopic (exact) mass is 296 g/mol. The Balaban J connectivity index is 1.70. The molecule has 0 heteroatoms. The van der Waals surface area contributed by atoms with Crippen molar-refractivity contribution < 1.29 is 0 Å². The summed E-state index contributed by atoms with van der Waals surface area (Å²) in [6.07, 6.45) is 7.86. The highest BCUT2D eigenvalue weighted by molar-refractivity contribution is 5.99. The van der Waals surface area contributed by atoms with Crippen molar-refractivity contribution in [3.05, 3.63) is 77.4 Å². The van der Waals surface area contributed by atoms with E-state index in [1.165, 1.54) is 58.7 Å². The summed E-state index contributed by atoms with van der Waals surface area (Å²) in [6, 6.07) is 22.2. The molecule has 1 saturated carbocycles. The highest BCUT2D eigenvalue weighted by Gasteiger charge is 2.26. The molecule has 3 aromatic rings. The zero-order chi connectivity index (χ0) is 15.2. The molecular formula is C23H20. The highest BCUT2D eigenvalue weighted by atomic mass is 14.3. The van der Waals surface area contributed by atoms with Crippen LogP contribution in [0.4, 0.5) is 0 Å². The number of rotatable bonds is 2. The molecule has 0 amide bonds. The van der Waals surface area contributed by atoms with Crippen LogP contribution in [0, 0.1) is 5.92 Å². The topological polar surface area (TPSA) is 0 Å². The van der Waals surface area contributed by atoms with Crippen molar-refractivity contribution in [2.45, 2.75) is 25.7 Å². The molecular weight excluding hydrogens is 276 g/mol. The van der Waals surface area contributed by atoms with Gasteiger partial charge in [0.2, 0.25) is 0 Å². The van der Waals surface area contributed by atoms with Crippen LogP contribution in [0.25, 0.3) is 28.0 Å². The molecule has 0 aliphatic heterocycles. The maximum absolute atomic E-state index is 2.50. The van der Waals surface area contributed by atoms with Crippen LogP contribution in [-0.4, -0.2) is 0 Å². The summed E-state index contributed by atoms with van der Waals surface area (Å²) in [5, 5.41) is 2.68. The Labute approximate surface area is 137 Å². The van der Waals surface area contributed by atoms with Gasteiger partial charge in [-0.05, 0) is 58.2 Å². The molecule has 0 aromatic heterocycles. The van der Waals surface area contributed by atoms with Gasteiger partial charge in [0, 0.05) is 0 Å². The van der Waals surface area contributed by atoms with Crippen molar-refractivity contribution >= 4 is 16.8 Å². The van der Waals surface area contributed by atoms with E-state index in [9.17, 15) is 0 Å². The van der Waals surface area contributed by atoms with Crippen LogP contribution < -0.4 is 0 Å². The second kappa shape index (κ2) is 5.09. The molecule has 2 aliphatic rings. The first-order valence-corrected chi connectivity index (χ1v) is 8.71. The first-order chi connectivity index (χ1) is 11.4. The van der Waals surface area contributed by atoms with Crippen LogP contribution in [0.5, 0.6) is 0 Å². The summed E-state index contributed by atoms with van der Waals surface area (Å²) >= 11 is 0. The fraction of sp³-hybridized carbons (Fsp3) is 0.217. The Hall–Kier alpha value is -2.34. The van der Waals surface area contributed by atoms with Gasteiger partial charge in [0.05, 0.1) is 0 Å². The average Bonchev–Trinajstić information content (AvgIpc) is 2.96. The quantitative estimate of drug-likeness (QED) is 0.524. The Kier molecular flexibility index (Phi) is 2.91. The van der Waals surface area contributed by atoms with Crippen molar-refractivity contribution in [1.82, 2.24) is 0 Å². The van der Waals surface area contributed by atoms with Crippen LogP contribution in [0.3, 0.4) is 0 Å². The van der Waals surface area contributed by atoms with E-state index in [0.29, 0.717) is 0 Å². The number of fused-ring (bicyclic) bond motifs is 2. The van der Waals surface area contributed by atoms with Gasteiger partial charge in [-0.3, -0.25) is 0 Å². The third-order valence-corrected chi connectivity index (χ3v) is 5.63. The Morgan fingerprint density at radius 3 is 2.39 bits per heavy atom. The molecule has 3 aromatic carbocycles. The van der Waals surface area contributed by atoms with Gasteiger partial charge in [-0.2, -0.15) is 0 Å². The van der Waals surface area contributed by atoms with E-state index in [0.717, 1.165) is 5.92 Å². The molecule has 0 nitrogen and oxygen atoms in total. The third-order valence-electron chi connectivity index (χ3n) is 5.63. The standard InChI is InChI=1S/C23H20/c1-2-11-20-17(6-1)9-4-12-21(20)22-13-5-10-18-14-19(15-23(18)22)16-7-3-8-16/h1-2,4-6,9-13,15-16H,3,7-8,14H2. The van der Waals surface area contributed by atoms with Gasteiger partial charge in [0.15, 0.2) is 0 Å². The highest BCUT2D eigenvalue weighted by Crippen LogP contribution is 2.43. The minimum atomic E-state index is 0.850. The lowest BCUT2D eigenvalue weighted by atomic mass is 9.79. The molecule has 0 atom stereocenters. The van der Waals surface area contributed by atoms with E-state index < -0.39 is 0 Å². The number of benzene rings is 3. The van der Waals surface area contributed by atoms with Gasteiger partial charge in [-0.1, -0.05) is 78.7 Å². The summed E-state index contributed by atoms with van der Waals surface area (Å²) in [5.41, 5.74) is 7.40. The normalized spacial score (nSPS) is 17.0. The largest absolute Gasteiger partial charge is 0.0621 e. The lowest BCUT2D eigenvalue weighted by Crippen LogP contribution is -2.13. The van der Waals surface area contributed by atoms with E-state index in [1.807, 2.05) is 0 Å². The van der Waals surface area contributed by atoms with Crippen molar-refractivity contribution in [1.29, 1.82) is 0 Å². The third kappa shape index (κ3) is 2.05. The maximum Gasteiger partial charge on any atom is -0.00548 e. The van der Waals surface area contributed by atoms with E-state index >= 15 is 0 Å². The lowest BCUT2D eigenvalue weighted by molar-refractivity contribution is 0.366. The molecule has 0 spiro atoms. The predicted octanol–water partition coefficient (Wildman–Crippen LogP) is 6.25. The van der Waals surface area contributed by atoms with Gasteiger partial charge in [0.25, 0.3) is 0 Å². The summed E-state index contributed by atoms with van der Waals surface area (Å²) in [6.45, 7) is 0. The number of hydrogen-bond donors (Lipinski definition) is 0. The van der Waals surface area contributed by atoms with Gasteiger partial charge in [-0.15, -0.1) is 0 Å². The van der Waals surface area contributed by atoms with Crippen molar-refractivity contribution in [2.75, 3.05) is 0 Å². The van der Waals surface area contributed by atoms with Gasteiger partial charge in [0.1, 0.15) is 0 Å². The molecule has 0 N–H and O–H groups in total. The van der Waals surface area contributed by atoms with E-state index in [4.69, 9.17) is 0 Å². The zero-order valence-electron chi connectivity index (χ0n) is 13.3. The van der Waals surface area contributed by atoms with Crippen molar-refractivity contribution in [2.24, 2.45) is 5.92 Å². The minimum absolute atomic E-state index is 0.850. The van der Waals surface area contributed by atoms with Gasteiger partial charge < -0.3 is 0 Å². The molecule has 0 radical (unpaired) electrons. The van der Waals surface area contributed by atoms with Crippen LogP contribution in [0.2, 0.25) is 0 Å². The zero-order valence-corrected chi connectivity index (χ0v) is 13.3. The van der Waals surface area contributed by atoms with Gasteiger partial charge in [-0.25, -0.2) is 0 Å². The first-order valence-electron chi connectivity index (χ1n) is 8.71. The molecule has 5 rings (SSSR count). The lowest BCUT2D eigenvalue weighted by Gasteiger charge is -2.26. The molecule has 0 heterocycles. The molecule has 2 aliphatic carbocycles. The molecule has 0 bridgehead atoms. The number of allylic oxidation sites excluding steroid dienone is 1. The fourth-order valence-corrected chi connectivity index (χ4v) is 4.13. The maximum atomic E-state index is 2.50. The van der Waals surface area contributed by atoms with E-state index in [-0.39, 0.29) is 0 Å². The van der Waals surface area contributed by atoms with Crippen molar-refractivity contribution in [3.63, 3.8) is 0 Å². The molecule has 1 fully saturated rings. The molecule has 112 valence electrons. The second-order valence-electron chi connectivity index (χ2n) is 6.93. The summed E-state index contributed by atoms with van der Waals surface area (Å²) < 4.78 is 0. The smallest absolute Gasteiger partial charge is 0.00548 e. The average molecular weight is 296 g/mol. The number of hydrogen-bond acceptors (Lipinski definition) is 0. The van der Waals surface area contributed by atoms with Crippen LogP contribution in [0.1, 0.15) is 30.4 Å². The molecule has 0 saturated heterocycles. The minimum Gasteiger partial charge on any atom is -0.0621 e. The van der Waals surface area contributed by atoms with Crippen LogP contribution in [-0.2, 0) is 6.42 Å². The Bertz CT molecular complexity index is 920. The SMILES string of the molecule is C1=C(C2CCC2)Cc2cccc(-c3cccc4ccccc34)c21. The second-order valence-corrected chi connectivity index (χ2v) is 6.93. The van der Waals surface area contributed by atoms with E-state index in [2.05, 4.69) is 66.7 Å².